The van der Waals surface area contributed by atoms with E-state index in [1.807, 2.05) is 30.3 Å². The average molecular weight is 351 g/mol. The summed E-state index contributed by atoms with van der Waals surface area (Å²) in [6, 6.07) is 11.7. The van der Waals surface area contributed by atoms with Crippen LogP contribution in [-0.4, -0.2) is 24.1 Å². The number of alkyl halides is 2. The molecule has 0 unspecified atom stereocenters. The van der Waals surface area contributed by atoms with Gasteiger partial charge in [-0.15, -0.1) is 0 Å². The lowest BCUT2D eigenvalue weighted by Crippen LogP contribution is -2.30. The van der Waals surface area contributed by atoms with Crippen LogP contribution in [0, 0.1) is 10.1 Å². The number of hydrogen-bond donors (Lipinski definition) is 2. The van der Waals surface area contributed by atoms with Crippen molar-refractivity contribution in [3.63, 3.8) is 0 Å². The predicted molar refractivity (Wildman–Crippen MR) is 86.9 cm³/mol. The Morgan fingerprint density at radius 2 is 1.92 bits per heavy atom. The number of benzene rings is 2. The summed E-state index contributed by atoms with van der Waals surface area (Å²) in [6.07, 6.45) is 0.573. The summed E-state index contributed by atoms with van der Waals surface area (Å²) in [7, 11) is 0. The first kappa shape index (κ1) is 18.1. The fourth-order valence-electron chi connectivity index (χ4n) is 2.06. The molecule has 0 fully saturated rings. The lowest BCUT2D eigenvalue weighted by molar-refractivity contribution is -0.384. The number of rotatable bonds is 7. The van der Waals surface area contributed by atoms with Crippen molar-refractivity contribution in [3.05, 3.63) is 64.2 Å². The summed E-state index contributed by atoms with van der Waals surface area (Å²) in [5, 5.41) is 15.6. The van der Waals surface area contributed by atoms with E-state index in [9.17, 15) is 23.7 Å². The number of nitrogens with zero attached hydrogens (tertiary/aromatic N) is 1. The van der Waals surface area contributed by atoms with Crippen molar-refractivity contribution in [1.82, 2.24) is 5.32 Å². The number of urea groups is 1. The van der Waals surface area contributed by atoms with E-state index in [-0.39, 0.29) is 17.1 Å². The first-order chi connectivity index (χ1) is 12.0. The molecule has 2 aromatic carbocycles. The molecule has 0 bridgehead atoms. The van der Waals surface area contributed by atoms with Crippen LogP contribution in [0.4, 0.5) is 25.0 Å². The third kappa shape index (κ3) is 5.72. The van der Waals surface area contributed by atoms with Gasteiger partial charge >= 0.3 is 12.6 Å². The third-order valence-corrected chi connectivity index (χ3v) is 3.18. The maximum atomic E-state index is 12.4. The summed E-state index contributed by atoms with van der Waals surface area (Å²) in [5.74, 6) is -0.362. The molecular formula is C16H15F2N3O4. The molecule has 9 heteroatoms. The smallest absolute Gasteiger partial charge is 0.387 e. The van der Waals surface area contributed by atoms with Gasteiger partial charge in [0.05, 0.1) is 10.6 Å². The Hall–Kier alpha value is -3.23. The minimum atomic E-state index is -3.12. The highest BCUT2D eigenvalue weighted by Crippen LogP contribution is 2.30. The van der Waals surface area contributed by atoms with Crippen LogP contribution in [0.5, 0.6) is 5.75 Å². The highest BCUT2D eigenvalue weighted by molar-refractivity contribution is 5.91. The van der Waals surface area contributed by atoms with Crippen LogP contribution in [0.3, 0.4) is 0 Å². The van der Waals surface area contributed by atoms with Gasteiger partial charge in [-0.25, -0.2) is 4.79 Å². The second kappa shape index (κ2) is 8.57. The Morgan fingerprint density at radius 3 is 2.56 bits per heavy atom. The highest BCUT2D eigenvalue weighted by atomic mass is 19.3. The lowest BCUT2D eigenvalue weighted by Gasteiger charge is -2.12. The van der Waals surface area contributed by atoms with Crippen molar-refractivity contribution in [1.29, 1.82) is 0 Å². The molecule has 0 aliphatic rings. The minimum Gasteiger partial charge on any atom is -0.433 e. The first-order valence-electron chi connectivity index (χ1n) is 7.27. The molecule has 0 spiro atoms. The van der Waals surface area contributed by atoms with Gasteiger partial charge in [0.2, 0.25) is 0 Å². The first-order valence-corrected chi connectivity index (χ1v) is 7.27. The summed E-state index contributed by atoms with van der Waals surface area (Å²) in [5.41, 5.74) is 0.438. The van der Waals surface area contributed by atoms with Crippen molar-refractivity contribution in [2.24, 2.45) is 0 Å². The Morgan fingerprint density at radius 1 is 1.20 bits per heavy atom. The standard InChI is InChI=1S/C16H15F2N3O4/c17-15(18)25-14-7-6-12(21(23)24)10-13(14)20-16(22)19-9-8-11-4-2-1-3-5-11/h1-7,10,15H,8-9H2,(H2,19,20,22). The minimum absolute atomic E-state index is 0.216. The maximum absolute atomic E-state index is 12.4. The van der Waals surface area contributed by atoms with Crippen molar-refractivity contribution < 1.29 is 23.2 Å². The van der Waals surface area contributed by atoms with Gasteiger partial charge in [-0.2, -0.15) is 8.78 Å². The summed E-state index contributed by atoms with van der Waals surface area (Å²) < 4.78 is 29.1. The van der Waals surface area contributed by atoms with Gasteiger partial charge in [-0.05, 0) is 18.1 Å². The van der Waals surface area contributed by atoms with Crippen LogP contribution in [0.2, 0.25) is 0 Å². The lowest BCUT2D eigenvalue weighted by atomic mass is 10.1. The predicted octanol–water partition coefficient (Wildman–Crippen LogP) is 3.56. The fraction of sp³-hybridized carbons (Fsp3) is 0.188. The number of nitro groups is 1. The molecule has 0 saturated heterocycles. The summed E-state index contributed by atoms with van der Waals surface area (Å²) >= 11 is 0. The quantitative estimate of drug-likeness (QED) is 0.589. The molecule has 7 nitrogen and oxygen atoms in total. The SMILES string of the molecule is O=C(NCCc1ccccc1)Nc1cc([N+](=O)[O-])ccc1OC(F)F. The van der Waals surface area contributed by atoms with Gasteiger partial charge in [-0.3, -0.25) is 10.1 Å². The van der Waals surface area contributed by atoms with Crippen LogP contribution in [0.1, 0.15) is 5.56 Å². The number of carbonyl (C=O) groups is 1. The second-order valence-electron chi connectivity index (χ2n) is 4.93. The van der Waals surface area contributed by atoms with Crippen LogP contribution >= 0.6 is 0 Å². The zero-order valence-corrected chi connectivity index (χ0v) is 12.9. The summed E-state index contributed by atoms with van der Waals surface area (Å²) in [4.78, 5) is 22.0. The Balaban J connectivity index is 2.00. The molecule has 2 rings (SSSR count). The van der Waals surface area contributed by atoms with Crippen molar-refractivity contribution in [3.8, 4) is 5.75 Å². The van der Waals surface area contributed by atoms with E-state index in [2.05, 4.69) is 15.4 Å². The van der Waals surface area contributed by atoms with E-state index < -0.39 is 17.6 Å². The normalized spacial score (nSPS) is 10.4. The second-order valence-corrected chi connectivity index (χ2v) is 4.93. The van der Waals surface area contributed by atoms with E-state index in [0.29, 0.717) is 13.0 Å². The van der Waals surface area contributed by atoms with Gasteiger partial charge < -0.3 is 15.4 Å². The average Bonchev–Trinajstić information content (AvgIpc) is 2.57. The molecule has 0 aromatic heterocycles. The molecule has 0 aliphatic heterocycles. The molecule has 2 aromatic rings. The van der Waals surface area contributed by atoms with E-state index >= 15 is 0 Å². The Bertz CT molecular complexity index is 741. The largest absolute Gasteiger partial charge is 0.433 e. The van der Waals surface area contributed by atoms with Crippen LogP contribution in [-0.2, 0) is 6.42 Å². The number of nitro benzene ring substituents is 1. The van der Waals surface area contributed by atoms with Crippen LogP contribution in [0.25, 0.3) is 0 Å². The third-order valence-electron chi connectivity index (χ3n) is 3.18. The Labute approximate surface area is 141 Å². The van der Waals surface area contributed by atoms with Crippen molar-refractivity contribution in [2.45, 2.75) is 13.0 Å². The molecule has 2 amide bonds. The van der Waals surface area contributed by atoms with Gasteiger partial charge in [0, 0.05) is 18.7 Å². The van der Waals surface area contributed by atoms with Gasteiger partial charge in [0.1, 0.15) is 5.75 Å². The van der Waals surface area contributed by atoms with E-state index in [4.69, 9.17) is 0 Å². The maximum Gasteiger partial charge on any atom is 0.387 e. The van der Waals surface area contributed by atoms with E-state index in [0.717, 1.165) is 23.8 Å². The Kier molecular flexibility index (Phi) is 6.21. The molecule has 0 heterocycles. The monoisotopic (exact) mass is 351 g/mol. The van der Waals surface area contributed by atoms with Crippen molar-refractivity contribution >= 4 is 17.4 Å². The number of non-ortho nitro benzene ring substituents is 1. The van der Waals surface area contributed by atoms with E-state index in [1.165, 1.54) is 0 Å². The molecule has 0 atom stereocenters. The topological polar surface area (TPSA) is 93.5 Å². The number of nitrogens with one attached hydrogen (secondary N) is 2. The number of amides is 2. The number of ether oxygens (including phenoxy) is 1. The van der Waals surface area contributed by atoms with E-state index in [1.54, 1.807) is 0 Å². The van der Waals surface area contributed by atoms with Gasteiger partial charge in [-0.1, -0.05) is 30.3 Å². The molecule has 132 valence electrons. The fourth-order valence-corrected chi connectivity index (χ4v) is 2.06. The van der Waals surface area contributed by atoms with Crippen LogP contribution in [0.15, 0.2) is 48.5 Å². The molecule has 25 heavy (non-hydrogen) atoms. The number of carbonyl (C=O) groups excluding carboxylic acids is 1. The molecule has 2 N–H and O–H groups in total. The molecular weight excluding hydrogens is 336 g/mol. The highest BCUT2D eigenvalue weighted by Gasteiger charge is 2.16. The van der Waals surface area contributed by atoms with Gasteiger partial charge in [0.15, 0.2) is 0 Å². The number of anilines is 1. The zero-order valence-electron chi connectivity index (χ0n) is 12.9. The molecule has 0 aliphatic carbocycles. The zero-order chi connectivity index (χ0) is 18.2. The van der Waals surface area contributed by atoms with Crippen LogP contribution < -0.4 is 15.4 Å². The molecule has 0 saturated carbocycles. The number of hydrogen-bond acceptors (Lipinski definition) is 4. The number of halogens is 2. The van der Waals surface area contributed by atoms with Gasteiger partial charge in [0.25, 0.3) is 5.69 Å². The molecule has 0 radical (unpaired) electrons. The summed E-state index contributed by atoms with van der Waals surface area (Å²) in [6.45, 7) is -2.82. The van der Waals surface area contributed by atoms with Crippen molar-refractivity contribution in [2.75, 3.05) is 11.9 Å².